The van der Waals surface area contributed by atoms with Gasteiger partial charge in [0.1, 0.15) is 17.6 Å². The van der Waals surface area contributed by atoms with Crippen molar-refractivity contribution in [2.24, 2.45) is 0 Å². The summed E-state index contributed by atoms with van der Waals surface area (Å²) >= 11 is 5.98. The second-order valence-corrected chi connectivity index (χ2v) is 4.67. The van der Waals surface area contributed by atoms with Gasteiger partial charge in [-0.3, -0.25) is 4.98 Å². The number of ether oxygens (including phenoxy) is 1. The number of aromatic nitrogens is 3. The third-order valence-electron chi connectivity index (χ3n) is 2.78. The van der Waals surface area contributed by atoms with Crippen LogP contribution in [-0.4, -0.2) is 21.6 Å². The Labute approximate surface area is 123 Å². The minimum atomic E-state index is 0.359. The summed E-state index contributed by atoms with van der Waals surface area (Å²) in [4.78, 5) is 12.6. The van der Waals surface area contributed by atoms with Crippen LogP contribution in [0, 0.1) is 6.92 Å². The van der Waals surface area contributed by atoms with Crippen LogP contribution in [0.5, 0.6) is 0 Å². The number of pyridine rings is 1. The Morgan fingerprint density at radius 1 is 1.35 bits per heavy atom. The van der Waals surface area contributed by atoms with Crippen LogP contribution in [0.4, 0.5) is 5.82 Å². The summed E-state index contributed by atoms with van der Waals surface area (Å²) in [5.74, 6) is 1.26. The molecule has 0 unspecified atom stereocenters. The minimum absolute atomic E-state index is 0.359. The highest BCUT2D eigenvalue weighted by Gasteiger charge is 2.04. The third kappa shape index (κ3) is 4.15. The van der Waals surface area contributed by atoms with E-state index in [1.807, 2.05) is 26.1 Å². The molecule has 2 aromatic rings. The normalized spacial score (nSPS) is 10.6. The Balaban J connectivity index is 2.05. The summed E-state index contributed by atoms with van der Waals surface area (Å²) in [5.41, 5.74) is 2.30. The molecule has 20 heavy (non-hydrogen) atoms. The van der Waals surface area contributed by atoms with Crippen LogP contribution < -0.4 is 5.32 Å². The fraction of sp³-hybridized carbons (Fsp3) is 0.357. The summed E-state index contributed by atoms with van der Waals surface area (Å²) in [5, 5.41) is 3.63. The molecule has 0 atom stereocenters. The van der Waals surface area contributed by atoms with Crippen molar-refractivity contribution in [2.75, 3.05) is 11.9 Å². The van der Waals surface area contributed by atoms with Crippen molar-refractivity contribution in [1.29, 1.82) is 0 Å². The zero-order valence-electron chi connectivity index (χ0n) is 11.6. The standard InChI is InChI=1S/C14H17ClN4O/c1-3-20-9-14-18-12(15)6-13(19-14)17-8-11-7-16-5-4-10(11)2/h4-7H,3,8-9H2,1-2H3,(H,17,18,19). The SMILES string of the molecule is CCOCc1nc(Cl)cc(NCc2cnccc2C)n1. The zero-order valence-corrected chi connectivity index (χ0v) is 12.3. The van der Waals surface area contributed by atoms with Crippen molar-refractivity contribution in [3.8, 4) is 0 Å². The van der Waals surface area contributed by atoms with Crippen molar-refractivity contribution < 1.29 is 4.74 Å². The predicted octanol–water partition coefficient (Wildman–Crippen LogP) is 2.98. The molecule has 106 valence electrons. The topological polar surface area (TPSA) is 59.9 Å². The van der Waals surface area contributed by atoms with Crippen LogP contribution >= 0.6 is 11.6 Å². The maximum Gasteiger partial charge on any atom is 0.158 e. The molecule has 6 heteroatoms. The molecule has 0 radical (unpaired) electrons. The first kappa shape index (κ1) is 14.7. The van der Waals surface area contributed by atoms with E-state index in [1.54, 1.807) is 12.3 Å². The quantitative estimate of drug-likeness (QED) is 0.830. The van der Waals surface area contributed by atoms with E-state index in [4.69, 9.17) is 16.3 Å². The van der Waals surface area contributed by atoms with Crippen LogP contribution in [0.2, 0.25) is 5.15 Å². The van der Waals surface area contributed by atoms with Crippen molar-refractivity contribution >= 4 is 17.4 Å². The van der Waals surface area contributed by atoms with E-state index in [-0.39, 0.29) is 0 Å². The van der Waals surface area contributed by atoms with Gasteiger partial charge in [-0.05, 0) is 31.0 Å². The van der Waals surface area contributed by atoms with Crippen LogP contribution in [-0.2, 0) is 17.9 Å². The van der Waals surface area contributed by atoms with E-state index >= 15 is 0 Å². The molecule has 2 aromatic heterocycles. The highest BCUT2D eigenvalue weighted by atomic mass is 35.5. The lowest BCUT2D eigenvalue weighted by atomic mass is 10.1. The van der Waals surface area contributed by atoms with Gasteiger partial charge in [0, 0.05) is 31.6 Å². The largest absolute Gasteiger partial charge is 0.374 e. The number of hydrogen-bond donors (Lipinski definition) is 1. The Morgan fingerprint density at radius 2 is 2.20 bits per heavy atom. The summed E-state index contributed by atoms with van der Waals surface area (Å²) < 4.78 is 5.29. The lowest BCUT2D eigenvalue weighted by Gasteiger charge is -2.09. The van der Waals surface area contributed by atoms with E-state index in [9.17, 15) is 0 Å². The summed E-state index contributed by atoms with van der Waals surface area (Å²) in [6.45, 7) is 5.59. The molecule has 0 spiro atoms. The maximum atomic E-state index is 5.98. The monoisotopic (exact) mass is 292 g/mol. The number of rotatable bonds is 6. The lowest BCUT2D eigenvalue weighted by molar-refractivity contribution is 0.128. The van der Waals surface area contributed by atoms with Gasteiger partial charge in [-0.1, -0.05) is 11.6 Å². The van der Waals surface area contributed by atoms with E-state index < -0.39 is 0 Å². The molecule has 0 saturated heterocycles. The number of halogens is 1. The third-order valence-corrected chi connectivity index (χ3v) is 2.98. The van der Waals surface area contributed by atoms with E-state index in [0.29, 0.717) is 36.6 Å². The Bertz CT molecular complexity index is 577. The fourth-order valence-corrected chi connectivity index (χ4v) is 1.88. The first-order chi connectivity index (χ1) is 9.69. The number of anilines is 1. The molecular formula is C14H17ClN4O. The summed E-state index contributed by atoms with van der Waals surface area (Å²) in [6, 6.07) is 3.67. The van der Waals surface area contributed by atoms with Gasteiger partial charge in [0.05, 0.1) is 0 Å². The molecule has 0 bridgehead atoms. The highest BCUT2D eigenvalue weighted by Crippen LogP contribution is 2.14. The Morgan fingerprint density at radius 3 is 2.95 bits per heavy atom. The molecule has 0 aliphatic carbocycles. The van der Waals surface area contributed by atoms with Crippen molar-refractivity contribution in [3.05, 3.63) is 46.6 Å². The molecule has 0 aliphatic rings. The number of hydrogen-bond acceptors (Lipinski definition) is 5. The number of nitrogens with zero attached hydrogens (tertiary/aromatic N) is 3. The van der Waals surface area contributed by atoms with Crippen LogP contribution in [0.15, 0.2) is 24.5 Å². The smallest absolute Gasteiger partial charge is 0.158 e. The fourth-order valence-electron chi connectivity index (χ4n) is 1.68. The molecule has 2 rings (SSSR count). The predicted molar refractivity (Wildman–Crippen MR) is 78.7 cm³/mol. The van der Waals surface area contributed by atoms with Crippen molar-refractivity contribution in [1.82, 2.24) is 15.0 Å². The molecule has 0 amide bonds. The van der Waals surface area contributed by atoms with E-state index in [0.717, 1.165) is 5.56 Å². The van der Waals surface area contributed by atoms with Crippen LogP contribution in [0.1, 0.15) is 23.9 Å². The average Bonchev–Trinajstić information content (AvgIpc) is 2.44. The van der Waals surface area contributed by atoms with Crippen LogP contribution in [0.25, 0.3) is 0 Å². The zero-order chi connectivity index (χ0) is 14.4. The Hall–Kier alpha value is -1.72. The second kappa shape index (κ2) is 7.17. The van der Waals surface area contributed by atoms with Gasteiger partial charge in [-0.2, -0.15) is 0 Å². The van der Waals surface area contributed by atoms with Crippen LogP contribution in [0.3, 0.4) is 0 Å². The van der Waals surface area contributed by atoms with Gasteiger partial charge < -0.3 is 10.1 Å². The molecule has 5 nitrogen and oxygen atoms in total. The van der Waals surface area contributed by atoms with Gasteiger partial charge in [0.25, 0.3) is 0 Å². The molecule has 0 aromatic carbocycles. The molecule has 2 heterocycles. The average molecular weight is 293 g/mol. The minimum Gasteiger partial charge on any atom is -0.374 e. The van der Waals surface area contributed by atoms with E-state index in [2.05, 4.69) is 20.3 Å². The highest BCUT2D eigenvalue weighted by molar-refractivity contribution is 6.29. The molecule has 0 aliphatic heterocycles. The maximum absolute atomic E-state index is 5.98. The molecule has 0 saturated carbocycles. The number of nitrogens with one attached hydrogen (secondary N) is 1. The van der Waals surface area contributed by atoms with Gasteiger partial charge in [0.15, 0.2) is 5.82 Å². The van der Waals surface area contributed by atoms with Crippen molar-refractivity contribution in [3.63, 3.8) is 0 Å². The van der Waals surface area contributed by atoms with Crippen molar-refractivity contribution in [2.45, 2.75) is 27.0 Å². The van der Waals surface area contributed by atoms with Gasteiger partial charge >= 0.3 is 0 Å². The van der Waals surface area contributed by atoms with E-state index in [1.165, 1.54) is 5.56 Å². The van der Waals surface area contributed by atoms with Gasteiger partial charge in [-0.25, -0.2) is 9.97 Å². The molecule has 0 fully saturated rings. The van der Waals surface area contributed by atoms with Gasteiger partial charge in [0.2, 0.25) is 0 Å². The molecular weight excluding hydrogens is 276 g/mol. The Kier molecular flexibility index (Phi) is 5.26. The number of aryl methyl sites for hydroxylation is 1. The molecule has 1 N–H and O–H groups in total. The van der Waals surface area contributed by atoms with Gasteiger partial charge in [-0.15, -0.1) is 0 Å². The summed E-state index contributed by atoms with van der Waals surface area (Å²) in [6.07, 6.45) is 3.62. The second-order valence-electron chi connectivity index (χ2n) is 4.28. The first-order valence-corrected chi connectivity index (χ1v) is 6.81. The first-order valence-electron chi connectivity index (χ1n) is 6.43. The summed E-state index contributed by atoms with van der Waals surface area (Å²) in [7, 11) is 0. The lowest BCUT2D eigenvalue weighted by Crippen LogP contribution is -2.07.